The summed E-state index contributed by atoms with van der Waals surface area (Å²) in [6, 6.07) is 0.233. The van der Waals surface area contributed by atoms with Gasteiger partial charge in [0.2, 0.25) is 0 Å². The minimum absolute atomic E-state index is 0.233. The zero-order chi connectivity index (χ0) is 11.2. The summed E-state index contributed by atoms with van der Waals surface area (Å²) in [7, 11) is 0. The molecule has 1 saturated carbocycles. The molecule has 15 heavy (non-hydrogen) atoms. The Morgan fingerprint density at radius 1 is 1.60 bits per heavy atom. The van der Waals surface area contributed by atoms with Crippen LogP contribution in [0.3, 0.4) is 0 Å². The molecule has 0 spiro atoms. The van der Waals surface area contributed by atoms with Gasteiger partial charge in [-0.15, -0.1) is 0 Å². The molecule has 0 radical (unpaired) electrons. The Balaban J connectivity index is 2.29. The van der Waals surface area contributed by atoms with Crippen LogP contribution in [0.25, 0.3) is 0 Å². The summed E-state index contributed by atoms with van der Waals surface area (Å²) in [6.45, 7) is 6.23. The molecule has 1 fully saturated rings. The Hall–Kier alpha value is -0.540. The van der Waals surface area contributed by atoms with E-state index < -0.39 is 6.10 Å². The van der Waals surface area contributed by atoms with Crippen molar-refractivity contribution in [1.82, 2.24) is 9.78 Å². The molecule has 3 atom stereocenters. The average Bonchev–Trinajstić information content (AvgIpc) is 2.74. The first kappa shape index (κ1) is 11.0. The van der Waals surface area contributed by atoms with E-state index in [1.165, 1.54) is 0 Å². The van der Waals surface area contributed by atoms with Gasteiger partial charge >= 0.3 is 0 Å². The molecule has 84 valence electrons. The molecule has 0 saturated heterocycles. The zero-order valence-electron chi connectivity index (χ0n) is 9.31. The number of halogens is 1. The van der Waals surface area contributed by atoms with Crippen LogP contribution in [0.1, 0.15) is 45.0 Å². The van der Waals surface area contributed by atoms with Crippen LogP contribution in [0.2, 0.25) is 5.02 Å². The smallest absolute Gasteiger partial charge is 0.100 e. The first-order valence-electron chi connectivity index (χ1n) is 5.43. The molecule has 2 rings (SSSR count). The SMILES string of the molecule is CC1CC1C(O)c1c(Cl)cnn1C(C)C. The lowest BCUT2D eigenvalue weighted by atomic mass is 10.1. The predicted molar refractivity (Wildman–Crippen MR) is 59.9 cm³/mol. The van der Waals surface area contributed by atoms with Crippen molar-refractivity contribution in [2.24, 2.45) is 11.8 Å². The van der Waals surface area contributed by atoms with E-state index in [-0.39, 0.29) is 6.04 Å². The van der Waals surface area contributed by atoms with Crippen molar-refractivity contribution in [3.8, 4) is 0 Å². The van der Waals surface area contributed by atoms with Crippen molar-refractivity contribution in [3.05, 3.63) is 16.9 Å². The summed E-state index contributed by atoms with van der Waals surface area (Å²) in [5.74, 6) is 0.961. The van der Waals surface area contributed by atoms with Crippen molar-refractivity contribution < 1.29 is 5.11 Å². The average molecular weight is 229 g/mol. The second-order valence-electron chi connectivity index (χ2n) is 4.74. The summed E-state index contributed by atoms with van der Waals surface area (Å²) in [5.41, 5.74) is 0.779. The van der Waals surface area contributed by atoms with Gasteiger partial charge in [-0.05, 0) is 32.1 Å². The summed E-state index contributed by atoms with van der Waals surface area (Å²) >= 11 is 6.06. The highest BCUT2D eigenvalue weighted by molar-refractivity contribution is 6.31. The second kappa shape index (κ2) is 3.80. The summed E-state index contributed by atoms with van der Waals surface area (Å²) < 4.78 is 1.82. The lowest BCUT2D eigenvalue weighted by molar-refractivity contribution is 0.136. The minimum atomic E-state index is -0.461. The highest BCUT2D eigenvalue weighted by Crippen LogP contribution is 2.48. The Labute approximate surface area is 95.0 Å². The number of nitrogens with zero attached hydrogens (tertiary/aromatic N) is 2. The van der Waals surface area contributed by atoms with Crippen molar-refractivity contribution in [1.29, 1.82) is 0 Å². The van der Waals surface area contributed by atoms with Gasteiger partial charge in [-0.2, -0.15) is 5.10 Å². The fraction of sp³-hybridized carbons (Fsp3) is 0.727. The van der Waals surface area contributed by atoms with Gasteiger partial charge in [-0.3, -0.25) is 4.68 Å². The molecule has 0 aromatic carbocycles. The molecule has 3 nitrogen and oxygen atoms in total. The third-order valence-electron chi connectivity index (χ3n) is 3.13. The third-order valence-corrected chi connectivity index (χ3v) is 3.42. The van der Waals surface area contributed by atoms with E-state index >= 15 is 0 Å². The van der Waals surface area contributed by atoms with Crippen LogP contribution in [-0.4, -0.2) is 14.9 Å². The van der Waals surface area contributed by atoms with Gasteiger partial charge in [0, 0.05) is 6.04 Å². The fourth-order valence-corrected chi connectivity index (χ4v) is 2.27. The van der Waals surface area contributed by atoms with Crippen LogP contribution in [0.4, 0.5) is 0 Å². The van der Waals surface area contributed by atoms with Gasteiger partial charge in [0.05, 0.1) is 16.9 Å². The van der Waals surface area contributed by atoms with Gasteiger partial charge in [-0.1, -0.05) is 18.5 Å². The van der Waals surface area contributed by atoms with E-state index in [9.17, 15) is 5.11 Å². The number of aromatic nitrogens is 2. The van der Waals surface area contributed by atoms with Gasteiger partial charge in [0.1, 0.15) is 6.10 Å². The first-order chi connectivity index (χ1) is 7.02. The second-order valence-corrected chi connectivity index (χ2v) is 5.14. The Bertz CT molecular complexity index is 361. The molecule has 1 aliphatic carbocycles. The Morgan fingerprint density at radius 3 is 2.67 bits per heavy atom. The maximum atomic E-state index is 10.2. The van der Waals surface area contributed by atoms with Gasteiger partial charge in [0.25, 0.3) is 0 Å². The molecular weight excluding hydrogens is 212 g/mol. The fourth-order valence-electron chi connectivity index (χ4n) is 2.03. The number of rotatable bonds is 3. The van der Waals surface area contributed by atoms with E-state index in [0.29, 0.717) is 16.9 Å². The normalized spacial score (nSPS) is 27.1. The molecule has 1 heterocycles. The van der Waals surface area contributed by atoms with E-state index in [2.05, 4.69) is 12.0 Å². The standard InChI is InChI=1S/C11H17ClN2O/c1-6(2)14-10(9(12)5-13-14)11(15)8-4-7(8)3/h5-8,11,15H,4H2,1-3H3. The maximum absolute atomic E-state index is 10.2. The van der Waals surface area contributed by atoms with Crippen LogP contribution < -0.4 is 0 Å². The van der Waals surface area contributed by atoms with Gasteiger partial charge in [-0.25, -0.2) is 0 Å². The molecule has 1 aromatic heterocycles. The zero-order valence-corrected chi connectivity index (χ0v) is 10.1. The lowest BCUT2D eigenvalue weighted by Gasteiger charge is -2.16. The molecule has 0 bridgehead atoms. The third kappa shape index (κ3) is 1.91. The highest BCUT2D eigenvalue weighted by atomic mass is 35.5. The molecule has 0 aliphatic heterocycles. The van der Waals surface area contributed by atoms with E-state index in [4.69, 9.17) is 11.6 Å². The molecule has 1 aliphatic rings. The van der Waals surface area contributed by atoms with Crippen molar-refractivity contribution in [2.75, 3.05) is 0 Å². The summed E-state index contributed by atoms with van der Waals surface area (Å²) in [5, 5.41) is 15.0. The Morgan fingerprint density at radius 2 is 2.20 bits per heavy atom. The van der Waals surface area contributed by atoms with Crippen LogP contribution in [-0.2, 0) is 0 Å². The maximum Gasteiger partial charge on any atom is 0.100 e. The summed E-state index contributed by atoms with van der Waals surface area (Å²) in [4.78, 5) is 0. The topological polar surface area (TPSA) is 38.1 Å². The molecular formula is C11H17ClN2O. The summed E-state index contributed by atoms with van der Waals surface area (Å²) in [6.07, 6.45) is 2.24. The first-order valence-corrected chi connectivity index (χ1v) is 5.81. The van der Waals surface area contributed by atoms with Crippen LogP contribution in [0.5, 0.6) is 0 Å². The highest BCUT2D eigenvalue weighted by Gasteiger charge is 2.41. The molecule has 3 unspecified atom stereocenters. The molecule has 1 N–H and O–H groups in total. The van der Waals surface area contributed by atoms with Crippen LogP contribution in [0, 0.1) is 11.8 Å². The predicted octanol–water partition coefficient (Wildman–Crippen LogP) is 2.81. The van der Waals surface area contributed by atoms with Crippen molar-refractivity contribution >= 4 is 11.6 Å². The monoisotopic (exact) mass is 228 g/mol. The van der Waals surface area contributed by atoms with Gasteiger partial charge in [0.15, 0.2) is 0 Å². The van der Waals surface area contributed by atoms with E-state index in [1.807, 2.05) is 18.5 Å². The quantitative estimate of drug-likeness (QED) is 0.864. The van der Waals surface area contributed by atoms with Crippen LogP contribution >= 0.6 is 11.6 Å². The number of aliphatic hydroxyl groups excluding tert-OH is 1. The van der Waals surface area contributed by atoms with Crippen molar-refractivity contribution in [3.63, 3.8) is 0 Å². The van der Waals surface area contributed by atoms with E-state index in [0.717, 1.165) is 12.1 Å². The lowest BCUT2D eigenvalue weighted by Crippen LogP contribution is -2.13. The molecule has 0 amide bonds. The van der Waals surface area contributed by atoms with Crippen molar-refractivity contribution in [2.45, 2.75) is 39.3 Å². The largest absolute Gasteiger partial charge is 0.386 e. The van der Waals surface area contributed by atoms with E-state index in [1.54, 1.807) is 6.20 Å². The van der Waals surface area contributed by atoms with Crippen LogP contribution in [0.15, 0.2) is 6.20 Å². The minimum Gasteiger partial charge on any atom is -0.386 e. The number of hydrogen-bond donors (Lipinski definition) is 1. The van der Waals surface area contributed by atoms with Gasteiger partial charge < -0.3 is 5.11 Å². The molecule has 1 aromatic rings. The Kier molecular flexibility index (Phi) is 2.77. The number of aliphatic hydroxyl groups is 1. The number of hydrogen-bond acceptors (Lipinski definition) is 2. The molecule has 4 heteroatoms.